The van der Waals surface area contributed by atoms with Crippen LogP contribution in [0.15, 0.2) is 58.5 Å². The number of carbonyl (C=O) groups is 1. The topological polar surface area (TPSA) is 84.1 Å². The van der Waals surface area contributed by atoms with E-state index < -0.39 is 0 Å². The number of benzene rings is 2. The number of rotatable bonds is 6. The number of aromatic nitrogens is 2. The summed E-state index contributed by atoms with van der Waals surface area (Å²) >= 11 is 1.20. The summed E-state index contributed by atoms with van der Waals surface area (Å²) in [5.41, 5.74) is 1.40. The van der Waals surface area contributed by atoms with E-state index in [-0.39, 0.29) is 17.2 Å². The molecule has 1 heterocycles. The third-order valence-electron chi connectivity index (χ3n) is 3.58. The van der Waals surface area contributed by atoms with Crippen LogP contribution in [0.4, 0.5) is 0 Å². The summed E-state index contributed by atoms with van der Waals surface area (Å²) in [6, 6.07) is 14.6. The Morgan fingerprint density at radius 1 is 1.20 bits per heavy atom. The minimum atomic E-state index is -0.202. The number of ether oxygens (including phenoxy) is 1. The molecule has 0 unspecified atom stereocenters. The first-order valence-electron chi connectivity index (χ1n) is 7.67. The van der Waals surface area contributed by atoms with Gasteiger partial charge in [0, 0.05) is 6.54 Å². The Hall–Kier alpha value is -2.80. The van der Waals surface area contributed by atoms with Gasteiger partial charge in [-0.2, -0.15) is 0 Å². The van der Waals surface area contributed by atoms with Crippen molar-refractivity contribution in [2.45, 2.75) is 11.7 Å². The van der Waals surface area contributed by atoms with Gasteiger partial charge in [0.2, 0.25) is 5.91 Å². The number of aromatic amines is 1. The van der Waals surface area contributed by atoms with Crippen molar-refractivity contribution in [3.8, 4) is 5.75 Å². The third-order valence-corrected chi connectivity index (χ3v) is 4.45. The maximum absolute atomic E-state index is 12.0. The quantitative estimate of drug-likeness (QED) is 0.524. The lowest BCUT2D eigenvalue weighted by molar-refractivity contribution is -0.118. The van der Waals surface area contributed by atoms with Crippen LogP contribution in [-0.4, -0.2) is 28.7 Å². The molecule has 3 rings (SSSR count). The maximum atomic E-state index is 12.0. The summed E-state index contributed by atoms with van der Waals surface area (Å²) in [4.78, 5) is 31.0. The molecule has 1 amide bonds. The van der Waals surface area contributed by atoms with Crippen molar-refractivity contribution >= 4 is 28.6 Å². The van der Waals surface area contributed by atoms with Crippen LogP contribution in [0.25, 0.3) is 10.9 Å². The summed E-state index contributed by atoms with van der Waals surface area (Å²) in [6.45, 7) is 0.436. The Morgan fingerprint density at radius 3 is 2.72 bits per heavy atom. The van der Waals surface area contributed by atoms with Crippen LogP contribution in [0.2, 0.25) is 0 Å². The monoisotopic (exact) mass is 355 g/mol. The number of amides is 1. The molecule has 0 saturated heterocycles. The number of nitrogens with one attached hydrogen (secondary N) is 2. The Labute approximate surface area is 148 Å². The normalized spacial score (nSPS) is 10.6. The van der Waals surface area contributed by atoms with Crippen LogP contribution in [0.5, 0.6) is 5.75 Å². The summed E-state index contributed by atoms with van der Waals surface area (Å²) in [5.74, 6) is 0.825. The molecule has 3 aromatic rings. The van der Waals surface area contributed by atoms with Gasteiger partial charge in [0.15, 0.2) is 5.16 Å². The van der Waals surface area contributed by atoms with Crippen molar-refractivity contribution in [1.29, 1.82) is 0 Å². The number of methoxy groups -OCH3 is 1. The number of hydrogen-bond donors (Lipinski definition) is 2. The van der Waals surface area contributed by atoms with E-state index in [0.29, 0.717) is 22.6 Å². The van der Waals surface area contributed by atoms with Crippen molar-refractivity contribution in [3.05, 3.63) is 64.4 Å². The van der Waals surface area contributed by atoms with Crippen LogP contribution in [0.1, 0.15) is 5.56 Å². The molecule has 0 radical (unpaired) electrons. The largest absolute Gasteiger partial charge is 0.497 e. The molecule has 2 N–H and O–H groups in total. The second-order valence-electron chi connectivity index (χ2n) is 5.30. The van der Waals surface area contributed by atoms with Crippen molar-refractivity contribution in [3.63, 3.8) is 0 Å². The number of nitrogens with zero attached hydrogens (tertiary/aromatic N) is 1. The molecule has 7 heteroatoms. The molecule has 0 fully saturated rings. The minimum Gasteiger partial charge on any atom is -0.497 e. The van der Waals surface area contributed by atoms with Crippen LogP contribution in [0.3, 0.4) is 0 Å². The lowest BCUT2D eigenvalue weighted by atomic mass is 10.2. The van der Waals surface area contributed by atoms with Crippen molar-refractivity contribution in [1.82, 2.24) is 15.3 Å². The molecule has 2 aromatic carbocycles. The molecule has 0 aliphatic carbocycles. The summed E-state index contributed by atoms with van der Waals surface area (Å²) in [5, 5.41) is 3.81. The van der Waals surface area contributed by atoms with Gasteiger partial charge >= 0.3 is 0 Å². The van der Waals surface area contributed by atoms with Crippen LogP contribution in [0, 0.1) is 0 Å². The zero-order valence-corrected chi connectivity index (χ0v) is 14.4. The highest BCUT2D eigenvalue weighted by Crippen LogP contribution is 2.15. The standard InChI is InChI=1S/C18H17N3O3S/c1-24-13-8-6-12(7-9-13)10-19-16(22)11-25-18-20-15-5-3-2-4-14(15)17(23)21-18/h2-9H,10-11H2,1H3,(H,19,22)(H,20,21,23). The third kappa shape index (κ3) is 4.39. The predicted molar refractivity (Wildman–Crippen MR) is 97.9 cm³/mol. The molecule has 25 heavy (non-hydrogen) atoms. The van der Waals surface area contributed by atoms with E-state index in [4.69, 9.17) is 4.74 Å². The van der Waals surface area contributed by atoms with Gasteiger partial charge in [-0.25, -0.2) is 4.98 Å². The van der Waals surface area contributed by atoms with Gasteiger partial charge in [0.05, 0.1) is 23.8 Å². The summed E-state index contributed by atoms with van der Waals surface area (Å²) < 4.78 is 5.10. The SMILES string of the molecule is COc1ccc(CNC(=O)CSc2nc3ccccc3c(=O)[nH]2)cc1. The second kappa shape index (κ2) is 7.85. The number of H-pyrrole nitrogens is 1. The highest BCUT2D eigenvalue weighted by atomic mass is 32.2. The van der Waals surface area contributed by atoms with Crippen LogP contribution in [-0.2, 0) is 11.3 Å². The highest BCUT2D eigenvalue weighted by Gasteiger charge is 2.07. The van der Waals surface area contributed by atoms with Crippen LogP contribution < -0.4 is 15.6 Å². The fraction of sp³-hybridized carbons (Fsp3) is 0.167. The molecule has 1 aromatic heterocycles. The van der Waals surface area contributed by atoms with Gasteiger partial charge in [-0.3, -0.25) is 9.59 Å². The second-order valence-corrected chi connectivity index (χ2v) is 6.27. The zero-order valence-electron chi connectivity index (χ0n) is 13.6. The molecule has 0 spiro atoms. The molecule has 0 saturated carbocycles. The van der Waals surface area contributed by atoms with Crippen LogP contribution >= 0.6 is 11.8 Å². The Kier molecular flexibility index (Phi) is 5.35. The lowest BCUT2D eigenvalue weighted by Crippen LogP contribution is -2.24. The first kappa shape index (κ1) is 17.0. The molecule has 128 valence electrons. The van der Waals surface area contributed by atoms with E-state index in [0.717, 1.165) is 11.3 Å². The van der Waals surface area contributed by atoms with Gasteiger partial charge in [-0.1, -0.05) is 36.0 Å². The first-order valence-corrected chi connectivity index (χ1v) is 8.66. The van der Waals surface area contributed by atoms with E-state index in [1.54, 1.807) is 25.3 Å². The molecule has 0 aliphatic rings. The van der Waals surface area contributed by atoms with Gasteiger partial charge in [0.25, 0.3) is 5.56 Å². The maximum Gasteiger partial charge on any atom is 0.259 e. The van der Waals surface area contributed by atoms with E-state index in [1.807, 2.05) is 30.3 Å². The zero-order chi connectivity index (χ0) is 17.6. The smallest absolute Gasteiger partial charge is 0.259 e. The molecule has 0 bridgehead atoms. The minimum absolute atomic E-state index is 0.128. The number of fused-ring (bicyclic) bond motifs is 1. The van der Waals surface area contributed by atoms with Gasteiger partial charge in [-0.15, -0.1) is 0 Å². The molecule has 6 nitrogen and oxygen atoms in total. The number of thioether (sulfide) groups is 1. The van der Waals surface area contributed by atoms with Crippen molar-refractivity contribution in [2.75, 3.05) is 12.9 Å². The molecule has 0 atom stereocenters. The Balaban J connectivity index is 1.56. The first-order chi connectivity index (χ1) is 12.2. The highest BCUT2D eigenvalue weighted by molar-refractivity contribution is 7.99. The van der Waals surface area contributed by atoms with E-state index in [2.05, 4.69) is 15.3 Å². The Bertz CT molecular complexity index is 938. The van der Waals surface area contributed by atoms with Gasteiger partial charge in [-0.05, 0) is 29.8 Å². The lowest BCUT2D eigenvalue weighted by Gasteiger charge is -2.06. The fourth-order valence-electron chi connectivity index (χ4n) is 2.26. The Morgan fingerprint density at radius 2 is 1.96 bits per heavy atom. The van der Waals surface area contributed by atoms with Crippen molar-refractivity contribution < 1.29 is 9.53 Å². The van der Waals surface area contributed by atoms with Gasteiger partial charge in [0.1, 0.15) is 5.75 Å². The van der Waals surface area contributed by atoms with E-state index in [1.165, 1.54) is 11.8 Å². The molecular formula is C18H17N3O3S. The predicted octanol–water partition coefficient (Wildman–Crippen LogP) is 2.34. The van der Waals surface area contributed by atoms with Gasteiger partial charge < -0.3 is 15.0 Å². The molecular weight excluding hydrogens is 338 g/mol. The summed E-state index contributed by atoms with van der Waals surface area (Å²) in [7, 11) is 1.61. The number of hydrogen-bond acceptors (Lipinski definition) is 5. The average Bonchev–Trinajstić information content (AvgIpc) is 2.65. The van der Waals surface area contributed by atoms with Crippen molar-refractivity contribution in [2.24, 2.45) is 0 Å². The summed E-state index contributed by atoms with van der Waals surface area (Å²) in [6.07, 6.45) is 0. The number of para-hydroxylation sites is 1. The molecule has 0 aliphatic heterocycles. The number of carbonyl (C=O) groups excluding carboxylic acids is 1. The fourth-order valence-corrected chi connectivity index (χ4v) is 2.96. The van der Waals surface area contributed by atoms with E-state index >= 15 is 0 Å². The average molecular weight is 355 g/mol. The van der Waals surface area contributed by atoms with E-state index in [9.17, 15) is 9.59 Å².